The molecule has 0 fully saturated rings. The predicted molar refractivity (Wildman–Crippen MR) is 77.6 cm³/mol. The van der Waals surface area contributed by atoms with Gasteiger partial charge in [0, 0.05) is 9.75 Å². The number of rotatable bonds is 3. The molecule has 2 aromatic heterocycles. The molecule has 1 aliphatic rings. The zero-order valence-corrected chi connectivity index (χ0v) is 12.3. The highest BCUT2D eigenvalue weighted by Crippen LogP contribution is 2.34. The highest BCUT2D eigenvalue weighted by atomic mass is 32.1. The summed E-state index contributed by atoms with van der Waals surface area (Å²) in [5.74, 6) is 0. The molecule has 3 rings (SSSR count). The van der Waals surface area contributed by atoms with Gasteiger partial charge in [-0.1, -0.05) is 11.3 Å². The predicted octanol–water partition coefficient (Wildman–Crippen LogP) is 3.96. The van der Waals surface area contributed by atoms with E-state index in [1.807, 2.05) is 18.3 Å². The van der Waals surface area contributed by atoms with E-state index in [-0.39, 0.29) is 0 Å². The molecule has 0 saturated carbocycles. The third-order valence-electron chi connectivity index (χ3n) is 3.31. The number of hydrogen-bond donors (Lipinski definition) is 1. The quantitative estimate of drug-likeness (QED) is 0.924. The van der Waals surface area contributed by atoms with Crippen molar-refractivity contribution >= 4 is 27.8 Å². The number of thiophene rings is 1. The van der Waals surface area contributed by atoms with E-state index in [1.165, 1.54) is 30.6 Å². The number of nitrogens with zero attached hydrogens (tertiary/aromatic N) is 2. The molecule has 96 valence electrons. The summed E-state index contributed by atoms with van der Waals surface area (Å²) in [5, 5.41) is 13.5. The van der Waals surface area contributed by atoms with E-state index >= 15 is 0 Å². The van der Waals surface area contributed by atoms with E-state index in [9.17, 15) is 0 Å². The van der Waals surface area contributed by atoms with E-state index in [0.29, 0.717) is 6.04 Å². The third kappa shape index (κ3) is 2.42. The Morgan fingerprint density at radius 1 is 1.22 bits per heavy atom. The molecule has 0 aliphatic heterocycles. The van der Waals surface area contributed by atoms with E-state index in [0.717, 1.165) is 10.1 Å². The van der Waals surface area contributed by atoms with E-state index in [2.05, 4.69) is 28.5 Å². The van der Waals surface area contributed by atoms with Gasteiger partial charge in [-0.05, 0) is 51.2 Å². The molecule has 1 N–H and O–H groups in total. The molecule has 1 aliphatic carbocycles. The van der Waals surface area contributed by atoms with Crippen molar-refractivity contribution in [2.45, 2.75) is 45.6 Å². The largest absolute Gasteiger partial charge is 0.353 e. The van der Waals surface area contributed by atoms with Crippen molar-refractivity contribution in [1.29, 1.82) is 0 Å². The van der Waals surface area contributed by atoms with Crippen molar-refractivity contribution < 1.29 is 0 Å². The fourth-order valence-electron chi connectivity index (χ4n) is 2.34. The maximum absolute atomic E-state index is 4.13. The Kier molecular flexibility index (Phi) is 3.35. The topological polar surface area (TPSA) is 37.8 Å². The molecule has 1 atom stereocenters. The first-order valence-corrected chi connectivity index (χ1v) is 8.04. The van der Waals surface area contributed by atoms with Crippen LogP contribution in [0.4, 0.5) is 5.13 Å². The van der Waals surface area contributed by atoms with Gasteiger partial charge in [-0.15, -0.1) is 21.5 Å². The lowest BCUT2D eigenvalue weighted by Gasteiger charge is -2.09. The zero-order valence-electron chi connectivity index (χ0n) is 10.7. The number of aryl methyl sites for hydroxylation is 3. The molecule has 18 heavy (non-hydrogen) atoms. The Labute approximate surface area is 115 Å². The standard InChI is InChI=1S/C13H17N3S2/c1-8(14-13-16-15-9(2)17-13)12-7-10-5-3-4-6-11(10)18-12/h7-8H,3-6H2,1-2H3,(H,14,16). The SMILES string of the molecule is Cc1nnc(NC(C)c2cc3c(s2)CCCC3)s1. The fraction of sp³-hybridized carbons (Fsp3) is 0.538. The van der Waals surface area contributed by atoms with Gasteiger partial charge < -0.3 is 5.32 Å². The summed E-state index contributed by atoms with van der Waals surface area (Å²) in [6.07, 6.45) is 5.23. The molecule has 0 aromatic carbocycles. The second-order valence-corrected chi connectivity index (χ2v) is 7.15. The van der Waals surface area contributed by atoms with E-state index in [1.54, 1.807) is 21.8 Å². The van der Waals surface area contributed by atoms with Crippen LogP contribution in [0.2, 0.25) is 0 Å². The molecule has 0 spiro atoms. The van der Waals surface area contributed by atoms with Crippen molar-refractivity contribution in [3.63, 3.8) is 0 Å². The van der Waals surface area contributed by atoms with Gasteiger partial charge in [0.1, 0.15) is 5.01 Å². The number of anilines is 1. The highest BCUT2D eigenvalue weighted by molar-refractivity contribution is 7.15. The van der Waals surface area contributed by atoms with E-state index in [4.69, 9.17) is 0 Å². The van der Waals surface area contributed by atoms with Crippen LogP contribution in [0.15, 0.2) is 6.07 Å². The van der Waals surface area contributed by atoms with Crippen molar-refractivity contribution in [2.75, 3.05) is 5.32 Å². The average molecular weight is 279 g/mol. The van der Waals surface area contributed by atoms with Crippen LogP contribution in [0, 0.1) is 6.92 Å². The number of nitrogens with one attached hydrogen (secondary N) is 1. The average Bonchev–Trinajstić information content (AvgIpc) is 2.95. The van der Waals surface area contributed by atoms with Crippen LogP contribution in [0.25, 0.3) is 0 Å². The van der Waals surface area contributed by atoms with Gasteiger partial charge in [0.15, 0.2) is 0 Å². The molecule has 2 aromatic rings. The van der Waals surface area contributed by atoms with Gasteiger partial charge in [-0.2, -0.15) is 0 Å². The van der Waals surface area contributed by atoms with Crippen molar-refractivity contribution in [2.24, 2.45) is 0 Å². The normalized spacial score (nSPS) is 16.3. The lowest BCUT2D eigenvalue weighted by atomic mass is 9.99. The van der Waals surface area contributed by atoms with Crippen LogP contribution < -0.4 is 5.32 Å². The van der Waals surface area contributed by atoms with Crippen LogP contribution in [0.1, 0.15) is 46.1 Å². The van der Waals surface area contributed by atoms with Crippen molar-refractivity contribution in [3.05, 3.63) is 26.4 Å². The summed E-state index contributed by atoms with van der Waals surface area (Å²) >= 11 is 3.58. The molecule has 1 unspecified atom stereocenters. The first-order chi connectivity index (χ1) is 8.72. The minimum Gasteiger partial charge on any atom is -0.353 e. The molecule has 2 heterocycles. The van der Waals surface area contributed by atoms with Crippen molar-refractivity contribution in [1.82, 2.24) is 10.2 Å². The Hall–Kier alpha value is -0.940. The van der Waals surface area contributed by atoms with Crippen LogP contribution in [0.5, 0.6) is 0 Å². The first-order valence-electron chi connectivity index (χ1n) is 6.40. The lowest BCUT2D eigenvalue weighted by molar-refractivity contribution is 0.696. The number of fused-ring (bicyclic) bond motifs is 1. The lowest BCUT2D eigenvalue weighted by Crippen LogP contribution is -2.04. The molecular formula is C13H17N3S2. The Balaban J connectivity index is 1.75. The second-order valence-electron chi connectivity index (χ2n) is 4.80. The second kappa shape index (κ2) is 4.97. The maximum atomic E-state index is 4.13. The van der Waals surface area contributed by atoms with Gasteiger partial charge in [0.05, 0.1) is 6.04 Å². The van der Waals surface area contributed by atoms with Gasteiger partial charge >= 0.3 is 0 Å². The third-order valence-corrected chi connectivity index (χ3v) is 5.50. The molecule has 0 bridgehead atoms. The van der Waals surface area contributed by atoms with Gasteiger partial charge in [0.2, 0.25) is 5.13 Å². The summed E-state index contributed by atoms with van der Waals surface area (Å²) < 4.78 is 0. The summed E-state index contributed by atoms with van der Waals surface area (Å²) in [4.78, 5) is 3.02. The fourth-order valence-corrected chi connectivity index (χ4v) is 4.28. The van der Waals surface area contributed by atoms with E-state index < -0.39 is 0 Å². The van der Waals surface area contributed by atoms with Crippen LogP contribution >= 0.6 is 22.7 Å². The molecular weight excluding hydrogens is 262 g/mol. The first kappa shape index (κ1) is 12.1. The minimum absolute atomic E-state index is 0.327. The van der Waals surface area contributed by atoms with Gasteiger partial charge in [-0.25, -0.2) is 0 Å². The maximum Gasteiger partial charge on any atom is 0.206 e. The monoisotopic (exact) mass is 279 g/mol. The summed E-state index contributed by atoms with van der Waals surface area (Å²) in [6.45, 7) is 4.19. The minimum atomic E-state index is 0.327. The molecule has 3 nitrogen and oxygen atoms in total. The van der Waals surface area contributed by atoms with Crippen LogP contribution in [-0.4, -0.2) is 10.2 Å². The summed E-state index contributed by atoms with van der Waals surface area (Å²) in [5.41, 5.74) is 1.57. The molecule has 0 saturated heterocycles. The highest BCUT2D eigenvalue weighted by Gasteiger charge is 2.17. The van der Waals surface area contributed by atoms with Gasteiger partial charge in [0.25, 0.3) is 0 Å². The van der Waals surface area contributed by atoms with Crippen LogP contribution in [0.3, 0.4) is 0 Å². The smallest absolute Gasteiger partial charge is 0.206 e. The molecule has 0 amide bonds. The number of hydrogen-bond acceptors (Lipinski definition) is 5. The Bertz CT molecular complexity index is 521. The number of aromatic nitrogens is 2. The van der Waals surface area contributed by atoms with Crippen LogP contribution in [-0.2, 0) is 12.8 Å². The van der Waals surface area contributed by atoms with Gasteiger partial charge in [-0.3, -0.25) is 0 Å². The Morgan fingerprint density at radius 3 is 2.78 bits per heavy atom. The summed E-state index contributed by atoms with van der Waals surface area (Å²) in [6, 6.07) is 2.71. The van der Waals surface area contributed by atoms with Crippen molar-refractivity contribution in [3.8, 4) is 0 Å². The Morgan fingerprint density at radius 2 is 2.06 bits per heavy atom. The zero-order chi connectivity index (χ0) is 12.5. The summed E-state index contributed by atoms with van der Waals surface area (Å²) in [7, 11) is 0. The molecule has 5 heteroatoms. The molecule has 0 radical (unpaired) electrons.